The van der Waals surface area contributed by atoms with Gasteiger partial charge in [-0.3, -0.25) is 19.6 Å². The van der Waals surface area contributed by atoms with Gasteiger partial charge in [-0.25, -0.2) is 13.2 Å². The largest absolute Gasteiger partial charge is 0.480 e. The van der Waals surface area contributed by atoms with Gasteiger partial charge in [0.25, 0.3) is 21.6 Å². The van der Waals surface area contributed by atoms with E-state index in [-0.39, 0.29) is 21.7 Å². The first-order valence-electron chi connectivity index (χ1n) is 10.9. The number of aliphatic carboxylic acids is 1. The molecule has 10 nitrogen and oxygen atoms in total. The van der Waals surface area contributed by atoms with Crippen LogP contribution >= 0.6 is 0 Å². The van der Waals surface area contributed by atoms with Gasteiger partial charge < -0.3 is 10.4 Å². The van der Waals surface area contributed by atoms with E-state index < -0.39 is 44.5 Å². The van der Waals surface area contributed by atoms with E-state index in [0.29, 0.717) is 5.56 Å². The fourth-order valence-corrected chi connectivity index (χ4v) is 4.90. The Morgan fingerprint density at radius 2 is 1.64 bits per heavy atom. The van der Waals surface area contributed by atoms with E-state index in [1.807, 2.05) is 6.07 Å². The summed E-state index contributed by atoms with van der Waals surface area (Å²) in [5.74, 6) is -2.44. The van der Waals surface area contributed by atoms with Crippen molar-refractivity contribution in [1.29, 1.82) is 0 Å². The van der Waals surface area contributed by atoms with E-state index in [2.05, 4.69) is 10.0 Å². The molecule has 0 saturated carbocycles. The summed E-state index contributed by atoms with van der Waals surface area (Å²) in [6.07, 6.45) is 0. The van der Waals surface area contributed by atoms with E-state index in [1.165, 1.54) is 31.2 Å². The molecule has 0 heterocycles. The average molecular weight is 512 g/mol. The molecule has 1 unspecified atom stereocenters. The first-order chi connectivity index (χ1) is 16.9. The van der Waals surface area contributed by atoms with Crippen molar-refractivity contribution in [2.24, 2.45) is 5.92 Å². The van der Waals surface area contributed by atoms with Gasteiger partial charge in [0.05, 0.1) is 21.1 Å². The molecule has 3 rings (SSSR count). The Balaban J connectivity index is 2.11. The minimum absolute atomic E-state index is 0.103. The summed E-state index contributed by atoms with van der Waals surface area (Å²) in [7, 11) is -4.37. The quantitative estimate of drug-likeness (QED) is 0.287. The first kappa shape index (κ1) is 26.4. The molecule has 0 aliphatic heterocycles. The third-order valence-electron chi connectivity index (χ3n) is 5.51. The van der Waals surface area contributed by atoms with Gasteiger partial charge in [0.1, 0.15) is 6.04 Å². The molecule has 1 atom stereocenters. The van der Waals surface area contributed by atoms with E-state index >= 15 is 0 Å². The number of carbonyl (C=O) groups excluding carboxylic acids is 1. The molecule has 0 aliphatic carbocycles. The minimum Gasteiger partial charge on any atom is -0.480 e. The molecule has 0 aliphatic rings. The predicted molar refractivity (Wildman–Crippen MR) is 134 cm³/mol. The maximum atomic E-state index is 13.3. The number of nitrogens with one attached hydrogen (secondary N) is 2. The third-order valence-corrected chi connectivity index (χ3v) is 7.01. The van der Waals surface area contributed by atoms with Gasteiger partial charge in [0, 0.05) is 12.1 Å². The number of hydrogen-bond acceptors (Lipinski definition) is 6. The van der Waals surface area contributed by atoms with Crippen molar-refractivity contribution >= 4 is 33.3 Å². The highest BCUT2D eigenvalue weighted by Crippen LogP contribution is 2.30. The zero-order valence-electron chi connectivity index (χ0n) is 19.8. The first-order valence-corrected chi connectivity index (χ1v) is 12.4. The fraction of sp³-hybridized carbons (Fsp3) is 0.200. The second kappa shape index (κ2) is 10.6. The number of anilines is 1. The van der Waals surface area contributed by atoms with Crippen molar-refractivity contribution < 1.29 is 28.0 Å². The lowest BCUT2D eigenvalue weighted by Crippen LogP contribution is -2.44. The highest BCUT2D eigenvalue weighted by Gasteiger charge is 2.27. The summed E-state index contributed by atoms with van der Waals surface area (Å²) >= 11 is 0. The average Bonchev–Trinajstić information content (AvgIpc) is 2.82. The Hall–Kier alpha value is -4.25. The van der Waals surface area contributed by atoms with Crippen molar-refractivity contribution in [3.63, 3.8) is 0 Å². The number of aryl methyl sites for hydroxylation is 1. The van der Waals surface area contributed by atoms with Crippen LogP contribution in [0.5, 0.6) is 0 Å². The normalized spacial score (nSPS) is 12.1. The van der Waals surface area contributed by atoms with Crippen LogP contribution in [-0.4, -0.2) is 36.4 Å². The van der Waals surface area contributed by atoms with Crippen LogP contribution in [0.1, 0.15) is 29.8 Å². The molecule has 188 valence electrons. The zero-order chi connectivity index (χ0) is 26.6. The minimum atomic E-state index is -4.37. The highest BCUT2D eigenvalue weighted by atomic mass is 32.2. The molecule has 3 aromatic carbocycles. The van der Waals surface area contributed by atoms with Crippen molar-refractivity contribution in [3.05, 3.63) is 88.0 Å². The van der Waals surface area contributed by atoms with Gasteiger partial charge in [0.15, 0.2) is 0 Å². The van der Waals surface area contributed by atoms with Gasteiger partial charge in [0.2, 0.25) is 0 Å². The van der Waals surface area contributed by atoms with Crippen molar-refractivity contribution in [2.45, 2.75) is 31.7 Å². The predicted octanol–water partition coefficient (Wildman–Crippen LogP) is 4.21. The number of carboxylic acid groups (broad SMARTS) is 1. The monoisotopic (exact) mass is 511 g/mol. The second-order valence-corrected chi connectivity index (χ2v) is 10.1. The zero-order valence-corrected chi connectivity index (χ0v) is 20.6. The summed E-state index contributed by atoms with van der Waals surface area (Å²) < 4.78 is 29.0. The molecule has 0 fully saturated rings. The number of non-ortho nitro benzene ring substituents is 1. The Bertz CT molecular complexity index is 1420. The summed E-state index contributed by atoms with van der Waals surface area (Å²) in [5.41, 5.74) is 1.00. The number of hydrogen-bond donors (Lipinski definition) is 3. The summed E-state index contributed by atoms with van der Waals surface area (Å²) in [6, 6.07) is 15.8. The van der Waals surface area contributed by atoms with Gasteiger partial charge in [-0.2, -0.15) is 0 Å². The Kier molecular flexibility index (Phi) is 7.74. The van der Waals surface area contributed by atoms with Crippen LogP contribution in [0.2, 0.25) is 0 Å². The van der Waals surface area contributed by atoms with Crippen LogP contribution in [0.25, 0.3) is 11.1 Å². The van der Waals surface area contributed by atoms with Crippen LogP contribution < -0.4 is 10.0 Å². The number of nitrogens with zero attached hydrogens (tertiary/aromatic N) is 1. The van der Waals surface area contributed by atoms with Gasteiger partial charge in [-0.1, -0.05) is 56.3 Å². The molecule has 1 amide bonds. The molecule has 0 radical (unpaired) electrons. The highest BCUT2D eigenvalue weighted by molar-refractivity contribution is 7.92. The lowest BCUT2D eigenvalue weighted by Gasteiger charge is -2.20. The number of sulfonamides is 1. The summed E-state index contributed by atoms with van der Waals surface area (Å²) in [6.45, 7) is 4.75. The Morgan fingerprint density at radius 3 is 2.22 bits per heavy atom. The van der Waals surface area contributed by atoms with E-state index in [0.717, 1.165) is 11.6 Å². The molecule has 0 bridgehead atoms. The third kappa shape index (κ3) is 5.87. The summed E-state index contributed by atoms with van der Waals surface area (Å²) in [4.78, 5) is 34.8. The van der Waals surface area contributed by atoms with Crippen LogP contribution in [0, 0.1) is 23.0 Å². The van der Waals surface area contributed by atoms with Crippen molar-refractivity contribution in [3.8, 4) is 11.1 Å². The maximum absolute atomic E-state index is 13.3. The lowest BCUT2D eigenvalue weighted by atomic mass is 10.0. The standard InChI is InChI=1S/C25H25N3O7S/c1-15(2)23(25(30)31)26-24(29)20-12-10-18(17-7-5-4-6-8-17)13-21(20)27-36(34,35)22-14-19(28(32)33)11-9-16(22)3/h4-15,23,27H,1-3H3,(H,26,29)(H,30,31). The topological polar surface area (TPSA) is 156 Å². The van der Waals surface area contributed by atoms with Gasteiger partial charge in [-0.05, 0) is 41.7 Å². The molecule has 0 spiro atoms. The number of rotatable bonds is 9. The number of carboxylic acids is 1. The van der Waals surface area contributed by atoms with Crippen LogP contribution in [-0.2, 0) is 14.8 Å². The van der Waals surface area contributed by atoms with Gasteiger partial charge >= 0.3 is 5.97 Å². The van der Waals surface area contributed by atoms with Crippen LogP contribution in [0.3, 0.4) is 0 Å². The molecule has 3 aromatic rings. The van der Waals surface area contributed by atoms with E-state index in [1.54, 1.807) is 44.2 Å². The molecule has 0 aromatic heterocycles. The lowest BCUT2D eigenvalue weighted by molar-refractivity contribution is -0.385. The number of carbonyl (C=O) groups is 2. The molecule has 11 heteroatoms. The molecular weight excluding hydrogens is 486 g/mol. The van der Waals surface area contributed by atoms with Crippen molar-refractivity contribution in [2.75, 3.05) is 4.72 Å². The number of nitro benzene ring substituents is 1. The number of benzene rings is 3. The van der Waals surface area contributed by atoms with E-state index in [9.17, 15) is 33.2 Å². The van der Waals surface area contributed by atoms with Crippen molar-refractivity contribution in [1.82, 2.24) is 5.32 Å². The smallest absolute Gasteiger partial charge is 0.326 e. The molecule has 3 N–H and O–H groups in total. The number of nitro groups is 1. The van der Waals surface area contributed by atoms with Crippen LogP contribution in [0.15, 0.2) is 71.6 Å². The van der Waals surface area contributed by atoms with Crippen LogP contribution in [0.4, 0.5) is 11.4 Å². The Labute approximate surface area is 208 Å². The second-order valence-electron chi connectivity index (χ2n) is 8.47. The maximum Gasteiger partial charge on any atom is 0.326 e. The fourth-order valence-electron chi connectivity index (χ4n) is 3.56. The molecular formula is C25H25N3O7S. The number of amides is 1. The Morgan fingerprint density at radius 1 is 0.972 bits per heavy atom. The van der Waals surface area contributed by atoms with Gasteiger partial charge in [-0.15, -0.1) is 0 Å². The molecule has 36 heavy (non-hydrogen) atoms. The van der Waals surface area contributed by atoms with E-state index in [4.69, 9.17) is 0 Å². The summed E-state index contributed by atoms with van der Waals surface area (Å²) in [5, 5.41) is 23.1. The molecule has 0 saturated heterocycles. The SMILES string of the molecule is Cc1ccc([N+](=O)[O-])cc1S(=O)(=O)Nc1cc(-c2ccccc2)ccc1C(=O)NC(C(=O)O)C(C)C.